The molecule has 0 unspecified atom stereocenters. The van der Waals surface area contributed by atoms with Crippen LogP contribution in [-0.2, 0) is 6.54 Å². The zero-order valence-electron chi connectivity index (χ0n) is 18.6. The molecule has 0 saturated carbocycles. The fourth-order valence-corrected chi connectivity index (χ4v) is 4.94. The second-order valence-electron chi connectivity index (χ2n) is 8.22. The fourth-order valence-electron chi connectivity index (χ4n) is 4.28. The summed E-state index contributed by atoms with van der Waals surface area (Å²) >= 11 is 1.71. The molecule has 2 aromatic carbocycles. The zero-order valence-corrected chi connectivity index (χ0v) is 19.4. The van der Waals surface area contributed by atoms with Crippen LogP contribution in [0.4, 0.5) is 10.5 Å². The molecule has 2 amide bonds. The molecule has 2 aromatic heterocycles. The van der Waals surface area contributed by atoms with Gasteiger partial charge in [0.2, 0.25) is 0 Å². The maximum absolute atomic E-state index is 12.8. The molecular formula is C26H27N3O3S. The van der Waals surface area contributed by atoms with Crippen LogP contribution in [0.2, 0.25) is 0 Å². The first kappa shape index (κ1) is 21.6. The van der Waals surface area contributed by atoms with Gasteiger partial charge in [-0.15, -0.1) is 0 Å². The number of anilines is 1. The van der Waals surface area contributed by atoms with Crippen LogP contribution >= 0.6 is 11.3 Å². The summed E-state index contributed by atoms with van der Waals surface area (Å²) < 4.78 is 11.5. The van der Waals surface area contributed by atoms with Gasteiger partial charge in [0.1, 0.15) is 17.1 Å². The fraction of sp³-hybridized carbons (Fsp3) is 0.269. The number of thiophene rings is 1. The van der Waals surface area contributed by atoms with Crippen LogP contribution in [0.5, 0.6) is 5.75 Å². The number of carbonyl (C=O) groups excluding carboxylic acids is 1. The number of hydrogen-bond acceptors (Lipinski definition) is 5. The topological polar surface area (TPSA) is 58.0 Å². The zero-order chi connectivity index (χ0) is 22.6. The lowest BCUT2D eigenvalue weighted by atomic mass is 10.1. The Morgan fingerprint density at radius 3 is 2.82 bits per heavy atom. The molecule has 3 heterocycles. The lowest BCUT2D eigenvalue weighted by Crippen LogP contribution is -2.38. The number of furan rings is 1. The Morgan fingerprint density at radius 2 is 1.97 bits per heavy atom. The highest BCUT2D eigenvalue weighted by Crippen LogP contribution is 2.29. The Balaban J connectivity index is 1.21. The van der Waals surface area contributed by atoms with E-state index >= 15 is 0 Å². The average molecular weight is 462 g/mol. The second-order valence-corrected chi connectivity index (χ2v) is 9.00. The van der Waals surface area contributed by atoms with Gasteiger partial charge in [0.25, 0.3) is 0 Å². The number of benzene rings is 2. The summed E-state index contributed by atoms with van der Waals surface area (Å²) in [7, 11) is 1.61. The highest BCUT2D eigenvalue weighted by atomic mass is 32.1. The third-order valence-electron chi connectivity index (χ3n) is 6.03. The Hall–Kier alpha value is -3.29. The molecule has 0 bridgehead atoms. The standard InChI is InChI=1S/C26H27N3O3S/c1-31-25-6-3-2-5-23(25)27-26(30)29-11-4-10-28(12-13-29)17-22-16-21-15-19(7-8-24(21)32-22)20-9-14-33-18-20/h2-3,5-9,14-16,18H,4,10-13,17H2,1H3,(H,27,30). The monoisotopic (exact) mass is 461 g/mol. The number of carbonyl (C=O) groups is 1. The minimum Gasteiger partial charge on any atom is -0.495 e. The van der Waals surface area contributed by atoms with Crippen LogP contribution in [0.3, 0.4) is 0 Å². The smallest absolute Gasteiger partial charge is 0.321 e. The van der Waals surface area contributed by atoms with Crippen molar-refractivity contribution in [1.82, 2.24) is 9.80 Å². The van der Waals surface area contributed by atoms with E-state index in [-0.39, 0.29) is 6.03 Å². The van der Waals surface area contributed by atoms with Gasteiger partial charge in [-0.3, -0.25) is 4.90 Å². The van der Waals surface area contributed by atoms with E-state index in [1.54, 1.807) is 18.4 Å². The summed E-state index contributed by atoms with van der Waals surface area (Å²) in [5, 5.41) is 8.37. The first-order chi connectivity index (χ1) is 16.2. The van der Waals surface area contributed by atoms with Crippen molar-refractivity contribution in [2.45, 2.75) is 13.0 Å². The van der Waals surface area contributed by atoms with Crippen molar-refractivity contribution in [3.8, 4) is 16.9 Å². The molecule has 7 heteroatoms. The number of hydrogen-bond donors (Lipinski definition) is 1. The molecule has 0 aliphatic carbocycles. The van der Waals surface area contributed by atoms with E-state index in [9.17, 15) is 4.79 Å². The van der Waals surface area contributed by atoms with Crippen LogP contribution in [-0.4, -0.2) is 49.1 Å². The molecule has 4 aromatic rings. The number of para-hydroxylation sites is 2. The van der Waals surface area contributed by atoms with E-state index in [2.05, 4.69) is 51.3 Å². The Kier molecular flexibility index (Phi) is 6.32. The largest absolute Gasteiger partial charge is 0.495 e. The summed E-state index contributed by atoms with van der Waals surface area (Å²) in [4.78, 5) is 17.1. The molecule has 1 N–H and O–H groups in total. The van der Waals surface area contributed by atoms with E-state index in [0.717, 1.165) is 49.3 Å². The molecule has 6 nitrogen and oxygen atoms in total. The molecule has 1 fully saturated rings. The minimum absolute atomic E-state index is 0.0916. The van der Waals surface area contributed by atoms with Gasteiger partial charge in [-0.25, -0.2) is 4.79 Å². The molecule has 1 aliphatic rings. The lowest BCUT2D eigenvalue weighted by Gasteiger charge is -2.22. The van der Waals surface area contributed by atoms with E-state index < -0.39 is 0 Å². The Labute approximate surface area is 197 Å². The van der Waals surface area contributed by atoms with E-state index in [1.165, 1.54) is 11.1 Å². The van der Waals surface area contributed by atoms with Gasteiger partial charge in [-0.2, -0.15) is 11.3 Å². The number of fused-ring (bicyclic) bond motifs is 1. The minimum atomic E-state index is -0.0916. The summed E-state index contributed by atoms with van der Waals surface area (Å²) in [5.41, 5.74) is 4.05. The van der Waals surface area contributed by atoms with Gasteiger partial charge >= 0.3 is 6.03 Å². The second kappa shape index (κ2) is 9.68. The van der Waals surface area contributed by atoms with Crippen molar-refractivity contribution in [3.05, 3.63) is 71.1 Å². The SMILES string of the molecule is COc1ccccc1NC(=O)N1CCCN(Cc2cc3cc(-c4ccsc4)ccc3o2)CC1. The Bertz CT molecular complexity index is 1230. The summed E-state index contributed by atoms with van der Waals surface area (Å²) in [6, 6.07) is 18.0. The number of ether oxygens (including phenoxy) is 1. The van der Waals surface area contributed by atoms with Crippen molar-refractivity contribution < 1.29 is 13.9 Å². The number of urea groups is 1. The molecular weight excluding hydrogens is 434 g/mol. The van der Waals surface area contributed by atoms with E-state index in [1.807, 2.05) is 29.2 Å². The average Bonchev–Trinajstić information content (AvgIpc) is 3.44. The third kappa shape index (κ3) is 4.89. The number of nitrogens with one attached hydrogen (secondary N) is 1. The van der Waals surface area contributed by atoms with Crippen LogP contribution < -0.4 is 10.1 Å². The number of methoxy groups -OCH3 is 1. The maximum atomic E-state index is 12.8. The number of amides is 2. The van der Waals surface area contributed by atoms with Crippen molar-refractivity contribution in [2.75, 3.05) is 38.6 Å². The normalized spacial score (nSPS) is 14.9. The number of rotatable bonds is 5. The molecule has 5 rings (SSSR count). The Morgan fingerprint density at radius 1 is 1.06 bits per heavy atom. The molecule has 33 heavy (non-hydrogen) atoms. The summed E-state index contributed by atoms with van der Waals surface area (Å²) in [5.74, 6) is 1.62. The molecule has 0 spiro atoms. The van der Waals surface area contributed by atoms with Crippen LogP contribution in [0, 0.1) is 0 Å². The number of nitrogens with zero attached hydrogens (tertiary/aromatic N) is 2. The quantitative estimate of drug-likeness (QED) is 0.401. The van der Waals surface area contributed by atoms with Gasteiger partial charge in [0.15, 0.2) is 0 Å². The van der Waals surface area contributed by atoms with Gasteiger partial charge < -0.3 is 19.4 Å². The molecule has 0 atom stereocenters. The summed E-state index contributed by atoms with van der Waals surface area (Å²) in [6.07, 6.45) is 0.919. The van der Waals surface area contributed by atoms with Gasteiger partial charge in [0.05, 0.1) is 19.3 Å². The first-order valence-corrected chi connectivity index (χ1v) is 12.1. The highest BCUT2D eigenvalue weighted by molar-refractivity contribution is 7.08. The lowest BCUT2D eigenvalue weighted by molar-refractivity contribution is 0.209. The predicted molar refractivity (Wildman–Crippen MR) is 133 cm³/mol. The van der Waals surface area contributed by atoms with E-state index in [0.29, 0.717) is 18.0 Å². The van der Waals surface area contributed by atoms with Gasteiger partial charge in [-0.05, 0) is 64.7 Å². The van der Waals surface area contributed by atoms with Crippen LogP contribution in [0.15, 0.2) is 69.8 Å². The maximum Gasteiger partial charge on any atom is 0.321 e. The van der Waals surface area contributed by atoms with Gasteiger partial charge in [-0.1, -0.05) is 18.2 Å². The predicted octanol–water partition coefficient (Wildman–Crippen LogP) is 5.91. The van der Waals surface area contributed by atoms with E-state index in [4.69, 9.17) is 9.15 Å². The molecule has 0 radical (unpaired) electrons. The summed E-state index contributed by atoms with van der Waals surface area (Å²) in [6.45, 7) is 3.86. The van der Waals surface area contributed by atoms with Gasteiger partial charge in [0, 0.05) is 31.6 Å². The van der Waals surface area contributed by atoms with Crippen molar-refractivity contribution in [2.24, 2.45) is 0 Å². The van der Waals surface area contributed by atoms with Crippen LogP contribution in [0.25, 0.3) is 22.1 Å². The van der Waals surface area contributed by atoms with Crippen molar-refractivity contribution in [3.63, 3.8) is 0 Å². The first-order valence-electron chi connectivity index (χ1n) is 11.2. The highest BCUT2D eigenvalue weighted by Gasteiger charge is 2.21. The van der Waals surface area contributed by atoms with Crippen molar-refractivity contribution in [1.29, 1.82) is 0 Å². The molecule has 1 saturated heterocycles. The molecule has 170 valence electrons. The van der Waals surface area contributed by atoms with Crippen LogP contribution in [0.1, 0.15) is 12.2 Å². The third-order valence-corrected chi connectivity index (χ3v) is 6.71. The van der Waals surface area contributed by atoms with Crippen molar-refractivity contribution >= 4 is 34.0 Å². The molecule has 1 aliphatic heterocycles.